The van der Waals surface area contributed by atoms with E-state index in [1.807, 2.05) is 0 Å². The van der Waals surface area contributed by atoms with E-state index in [4.69, 9.17) is 4.74 Å². The van der Waals surface area contributed by atoms with Crippen LogP contribution in [-0.4, -0.2) is 17.1 Å². The number of rotatable bonds is 7. The third-order valence-electron chi connectivity index (χ3n) is 2.33. The summed E-state index contributed by atoms with van der Waals surface area (Å²) in [6.07, 6.45) is 9.26. The van der Waals surface area contributed by atoms with Gasteiger partial charge in [0.25, 0.3) is 0 Å². The van der Waals surface area contributed by atoms with Gasteiger partial charge in [-0.15, -0.1) is 0 Å². The Hall–Kier alpha value is -1.58. The Morgan fingerprint density at radius 1 is 1.56 bits per heavy atom. The molecule has 1 aromatic heterocycles. The van der Waals surface area contributed by atoms with E-state index in [1.165, 1.54) is 6.08 Å². The highest BCUT2D eigenvalue weighted by Gasteiger charge is 2.01. The number of esters is 1. The van der Waals surface area contributed by atoms with Gasteiger partial charge in [-0.05, 0) is 19.8 Å². The summed E-state index contributed by atoms with van der Waals surface area (Å²) in [5.41, 5.74) is 0. The molecule has 4 nitrogen and oxygen atoms in total. The minimum atomic E-state index is -0.343. The van der Waals surface area contributed by atoms with Crippen molar-refractivity contribution in [3.63, 3.8) is 0 Å². The number of carbonyl (C=O) groups excluding carboxylic acids is 1. The normalized spacial score (nSPS) is 10.1. The van der Waals surface area contributed by atoms with Crippen LogP contribution in [0.1, 0.15) is 19.8 Å². The van der Waals surface area contributed by atoms with Gasteiger partial charge in [0, 0.05) is 6.08 Å². The van der Waals surface area contributed by atoms with Gasteiger partial charge in [-0.3, -0.25) is 0 Å². The van der Waals surface area contributed by atoms with E-state index >= 15 is 0 Å². The zero-order valence-corrected chi connectivity index (χ0v) is 9.76. The second-order valence-electron chi connectivity index (χ2n) is 3.56. The lowest BCUT2D eigenvalue weighted by molar-refractivity contribution is -0.696. The molecule has 1 heterocycles. The molecule has 88 valence electrons. The second-order valence-corrected chi connectivity index (χ2v) is 3.56. The largest absolute Gasteiger partial charge is 0.463 e. The van der Waals surface area contributed by atoms with Crippen molar-refractivity contribution in [2.45, 2.75) is 32.9 Å². The molecule has 4 heteroatoms. The smallest absolute Gasteiger partial charge is 0.330 e. The monoisotopic (exact) mass is 223 g/mol. The Balaban J connectivity index is 2.11. The van der Waals surface area contributed by atoms with Gasteiger partial charge in [0.05, 0.1) is 19.7 Å². The van der Waals surface area contributed by atoms with Crippen molar-refractivity contribution < 1.29 is 14.1 Å². The van der Waals surface area contributed by atoms with Crippen molar-refractivity contribution in [3.05, 3.63) is 31.4 Å². The number of hydrogen-bond acceptors (Lipinski definition) is 2. The van der Waals surface area contributed by atoms with E-state index in [0.29, 0.717) is 6.61 Å². The topological polar surface area (TPSA) is 35.1 Å². The fourth-order valence-electron chi connectivity index (χ4n) is 1.39. The number of aromatic nitrogens is 2. The first-order valence-corrected chi connectivity index (χ1v) is 5.60. The summed E-state index contributed by atoms with van der Waals surface area (Å²) >= 11 is 0. The van der Waals surface area contributed by atoms with E-state index in [0.717, 1.165) is 25.9 Å². The molecule has 0 fully saturated rings. The van der Waals surface area contributed by atoms with Crippen molar-refractivity contribution >= 4 is 5.97 Å². The lowest BCUT2D eigenvalue weighted by atomic mass is 10.3. The van der Waals surface area contributed by atoms with Crippen LogP contribution in [-0.2, 0) is 22.6 Å². The average Bonchev–Trinajstić information content (AvgIpc) is 2.76. The van der Waals surface area contributed by atoms with E-state index in [1.54, 1.807) is 0 Å². The second kappa shape index (κ2) is 6.82. The van der Waals surface area contributed by atoms with Crippen molar-refractivity contribution in [1.29, 1.82) is 0 Å². The summed E-state index contributed by atoms with van der Waals surface area (Å²) in [5, 5.41) is 0. The van der Waals surface area contributed by atoms with Gasteiger partial charge < -0.3 is 4.74 Å². The summed E-state index contributed by atoms with van der Waals surface area (Å²) in [6.45, 7) is 7.87. The number of hydrogen-bond donors (Lipinski definition) is 0. The highest BCUT2D eigenvalue weighted by molar-refractivity contribution is 5.81. The van der Waals surface area contributed by atoms with Crippen LogP contribution in [0.4, 0.5) is 0 Å². The van der Waals surface area contributed by atoms with Gasteiger partial charge in [-0.1, -0.05) is 6.58 Å². The van der Waals surface area contributed by atoms with Gasteiger partial charge in [-0.2, -0.15) is 0 Å². The number of unbranched alkanes of at least 4 members (excludes halogenated alkanes) is 1. The van der Waals surface area contributed by atoms with Crippen molar-refractivity contribution in [2.24, 2.45) is 0 Å². The van der Waals surface area contributed by atoms with Crippen LogP contribution in [0.3, 0.4) is 0 Å². The predicted octanol–water partition coefficient (Wildman–Crippen LogP) is 1.30. The number of nitrogens with zero attached hydrogens (tertiary/aromatic N) is 2. The van der Waals surface area contributed by atoms with Gasteiger partial charge in [-0.25, -0.2) is 13.9 Å². The number of carbonyl (C=O) groups is 1. The molecule has 0 aromatic carbocycles. The van der Waals surface area contributed by atoms with E-state index in [9.17, 15) is 4.79 Å². The van der Waals surface area contributed by atoms with Crippen LogP contribution in [0.2, 0.25) is 0 Å². The number of ether oxygens (including phenoxy) is 1. The van der Waals surface area contributed by atoms with Crippen LogP contribution in [0.5, 0.6) is 0 Å². The molecule has 0 aliphatic carbocycles. The zero-order chi connectivity index (χ0) is 11.8. The molecule has 0 bridgehead atoms. The lowest BCUT2D eigenvalue weighted by Crippen LogP contribution is -2.31. The van der Waals surface area contributed by atoms with E-state index in [2.05, 4.69) is 41.4 Å². The highest BCUT2D eigenvalue weighted by atomic mass is 16.5. The van der Waals surface area contributed by atoms with Gasteiger partial charge >= 0.3 is 5.97 Å². The molecular weight excluding hydrogens is 204 g/mol. The Morgan fingerprint density at radius 2 is 2.38 bits per heavy atom. The summed E-state index contributed by atoms with van der Waals surface area (Å²) in [7, 11) is 0. The zero-order valence-electron chi connectivity index (χ0n) is 9.76. The molecule has 0 spiro atoms. The maximum Gasteiger partial charge on any atom is 0.330 e. The fraction of sp³-hybridized carbons (Fsp3) is 0.500. The first-order chi connectivity index (χ1) is 7.76. The fourth-order valence-corrected chi connectivity index (χ4v) is 1.39. The Kier molecular flexibility index (Phi) is 5.32. The minimum Gasteiger partial charge on any atom is -0.463 e. The molecule has 0 saturated heterocycles. The molecule has 0 saturated carbocycles. The first kappa shape index (κ1) is 12.5. The third kappa shape index (κ3) is 4.29. The highest BCUT2D eigenvalue weighted by Crippen LogP contribution is 1.92. The molecule has 16 heavy (non-hydrogen) atoms. The summed E-state index contributed by atoms with van der Waals surface area (Å²) in [4.78, 5) is 10.7. The summed E-state index contributed by atoms with van der Waals surface area (Å²) < 4.78 is 9.14. The molecule has 0 aliphatic rings. The van der Waals surface area contributed by atoms with Crippen LogP contribution < -0.4 is 4.57 Å². The molecule has 0 unspecified atom stereocenters. The van der Waals surface area contributed by atoms with E-state index in [-0.39, 0.29) is 5.97 Å². The SMILES string of the molecule is C=CC(=O)OCCCC[n+]1ccn(CC)c1. The molecule has 0 amide bonds. The minimum absolute atomic E-state index is 0.343. The molecule has 0 N–H and O–H groups in total. The van der Waals surface area contributed by atoms with Crippen LogP contribution in [0.15, 0.2) is 31.4 Å². The Labute approximate surface area is 96.2 Å². The van der Waals surface area contributed by atoms with Gasteiger partial charge in [0.2, 0.25) is 6.33 Å². The first-order valence-electron chi connectivity index (χ1n) is 5.60. The molecule has 0 aliphatic heterocycles. The molecular formula is C12H19N2O2+. The predicted molar refractivity (Wildman–Crippen MR) is 60.7 cm³/mol. The van der Waals surface area contributed by atoms with Gasteiger partial charge in [0.15, 0.2) is 0 Å². The van der Waals surface area contributed by atoms with Crippen molar-refractivity contribution in [1.82, 2.24) is 4.57 Å². The lowest BCUT2D eigenvalue weighted by Gasteiger charge is -2.00. The molecule has 1 aromatic rings. The summed E-state index contributed by atoms with van der Waals surface area (Å²) in [6, 6.07) is 0. The van der Waals surface area contributed by atoms with Crippen molar-refractivity contribution in [3.8, 4) is 0 Å². The molecule has 0 atom stereocenters. The van der Waals surface area contributed by atoms with Gasteiger partial charge in [0.1, 0.15) is 12.4 Å². The van der Waals surface area contributed by atoms with Crippen LogP contribution in [0, 0.1) is 0 Å². The van der Waals surface area contributed by atoms with E-state index < -0.39 is 0 Å². The number of imidazole rings is 1. The molecule has 1 rings (SSSR count). The maximum absolute atomic E-state index is 10.7. The van der Waals surface area contributed by atoms with Crippen molar-refractivity contribution in [2.75, 3.05) is 6.61 Å². The third-order valence-corrected chi connectivity index (χ3v) is 2.33. The summed E-state index contributed by atoms with van der Waals surface area (Å²) in [5.74, 6) is -0.343. The standard InChI is InChI=1S/C12H19N2O2/c1-3-12(15)16-10-6-5-7-14-9-8-13(4-2)11-14/h3,8-9,11H,1,4-7,10H2,2H3/q+1. The Morgan fingerprint density at radius 3 is 3.00 bits per heavy atom. The van der Waals surface area contributed by atoms with Crippen LogP contribution >= 0.6 is 0 Å². The number of aryl methyl sites for hydroxylation is 2. The molecule has 0 radical (unpaired) electrons. The maximum atomic E-state index is 10.7. The quantitative estimate of drug-likeness (QED) is 0.302. The average molecular weight is 223 g/mol. The van der Waals surface area contributed by atoms with Crippen LogP contribution in [0.25, 0.3) is 0 Å². The Bertz CT molecular complexity index is 345.